The molecule has 250 valence electrons. The van der Waals surface area contributed by atoms with Gasteiger partial charge in [-0.3, -0.25) is 0 Å². The lowest BCUT2D eigenvalue weighted by atomic mass is 9.98. The molecule has 0 radical (unpaired) electrons. The number of aryl methyl sites for hydroxylation is 2. The van der Waals surface area contributed by atoms with Crippen LogP contribution in [0.2, 0.25) is 0 Å². The number of benzene rings is 5. The molecule has 0 atom stereocenters. The number of hydrogen-bond acceptors (Lipinski definition) is 5. The lowest BCUT2D eigenvalue weighted by Gasteiger charge is -2.20. The first kappa shape index (κ1) is 33.6. The van der Waals surface area contributed by atoms with E-state index in [0.29, 0.717) is 29.1 Å². The topological polar surface area (TPSA) is 53.5 Å². The zero-order chi connectivity index (χ0) is 34.8. The molecule has 2 aromatic heterocycles. The Balaban J connectivity index is 1.28. The summed E-state index contributed by atoms with van der Waals surface area (Å²) in [7, 11) is 0. The van der Waals surface area contributed by atoms with Gasteiger partial charge >= 0.3 is 15.1 Å². The van der Waals surface area contributed by atoms with Crippen molar-refractivity contribution < 1.29 is 11.4 Å². The van der Waals surface area contributed by atoms with Crippen LogP contribution in [0.5, 0.6) is 17.2 Å². The lowest BCUT2D eigenvalue weighted by molar-refractivity contribution is 0.310. The van der Waals surface area contributed by atoms with Crippen molar-refractivity contribution >= 4 is 47.7 Å². The van der Waals surface area contributed by atoms with Crippen molar-refractivity contribution in [2.24, 2.45) is 11.8 Å². The molecule has 0 aliphatic rings. The minimum Gasteiger partial charge on any atom is -0.577 e. The molecule has 0 saturated heterocycles. The van der Waals surface area contributed by atoms with Crippen molar-refractivity contribution in [2.75, 3.05) is 0 Å². The van der Waals surface area contributed by atoms with Crippen molar-refractivity contribution in [1.82, 2.24) is 9.97 Å². The molecule has 5 aromatic carbocycles. The minimum absolute atomic E-state index is 0.514. The third-order valence-electron chi connectivity index (χ3n) is 8.95. The molecule has 0 aliphatic carbocycles. The Morgan fingerprint density at radius 1 is 0.520 bits per heavy atom. The third kappa shape index (κ3) is 7.48. The summed E-state index contributed by atoms with van der Waals surface area (Å²) in [4.78, 5) is 9.92. The summed E-state index contributed by atoms with van der Waals surface area (Å²) >= 11 is -2.97. The molecule has 0 saturated carbocycles. The minimum atomic E-state index is -2.97. The van der Waals surface area contributed by atoms with Crippen LogP contribution in [0.1, 0.15) is 50.2 Å². The summed E-state index contributed by atoms with van der Waals surface area (Å²) in [6.45, 7) is 13.0. The lowest BCUT2D eigenvalue weighted by Crippen LogP contribution is -2.37. The van der Waals surface area contributed by atoms with Crippen LogP contribution in [0.4, 0.5) is 0 Å². The second-order valence-electron chi connectivity index (χ2n) is 14.1. The van der Waals surface area contributed by atoms with Gasteiger partial charge in [0.1, 0.15) is 22.5 Å². The van der Waals surface area contributed by atoms with Gasteiger partial charge in [0.05, 0.1) is 5.75 Å². The predicted molar refractivity (Wildman–Crippen MR) is 207 cm³/mol. The van der Waals surface area contributed by atoms with E-state index in [9.17, 15) is 0 Å². The van der Waals surface area contributed by atoms with Gasteiger partial charge in [0, 0.05) is 22.2 Å². The summed E-state index contributed by atoms with van der Waals surface area (Å²) in [5.74, 6) is 3.03. The van der Waals surface area contributed by atoms with Crippen LogP contribution in [-0.2, 0) is 12.8 Å². The van der Waals surface area contributed by atoms with E-state index in [4.69, 9.17) is 21.3 Å². The molecule has 7 rings (SSSR count). The molecule has 0 N–H and O–H groups in total. The molecule has 6 heteroatoms. The number of hydrogen-bond donors (Lipinski definition) is 0. The fourth-order valence-electron chi connectivity index (χ4n) is 6.62. The molecule has 2 heterocycles. The number of aromatic nitrogens is 2. The van der Waals surface area contributed by atoms with E-state index in [0.717, 1.165) is 56.8 Å². The monoisotopic (exact) mass is 674 g/mol. The number of pyridine rings is 2. The number of fused-ring (bicyclic) bond motifs is 3. The Labute approximate surface area is 300 Å². The van der Waals surface area contributed by atoms with Crippen LogP contribution in [0, 0.1) is 25.7 Å². The second-order valence-corrected chi connectivity index (χ2v) is 15.4. The van der Waals surface area contributed by atoms with Gasteiger partial charge in [-0.2, -0.15) is 0 Å². The fourth-order valence-corrected chi connectivity index (χ4v) is 7.93. The molecule has 0 bridgehead atoms. The van der Waals surface area contributed by atoms with E-state index < -0.39 is 15.1 Å². The van der Waals surface area contributed by atoms with Crippen LogP contribution in [0.3, 0.4) is 0 Å². The molecular formula is C44H43AlN2O3. The zero-order valence-electron chi connectivity index (χ0n) is 29.7. The van der Waals surface area contributed by atoms with Crippen molar-refractivity contribution in [1.29, 1.82) is 0 Å². The summed E-state index contributed by atoms with van der Waals surface area (Å²) < 4.78 is 20.4. The Morgan fingerprint density at radius 3 is 1.62 bits per heavy atom. The first-order chi connectivity index (χ1) is 24.2. The summed E-state index contributed by atoms with van der Waals surface area (Å²) in [6, 6.07) is 39.9. The van der Waals surface area contributed by atoms with Gasteiger partial charge in [-0.1, -0.05) is 100 Å². The maximum atomic E-state index is 6.82. The van der Waals surface area contributed by atoms with Crippen molar-refractivity contribution in [3.05, 3.63) is 138 Å². The first-order valence-electron chi connectivity index (χ1n) is 17.6. The van der Waals surface area contributed by atoms with Crippen LogP contribution >= 0.6 is 0 Å². The van der Waals surface area contributed by atoms with Crippen molar-refractivity contribution in [3.8, 4) is 28.4 Å². The smallest absolute Gasteiger partial charge is 0.577 e. The molecule has 5 nitrogen and oxygen atoms in total. The van der Waals surface area contributed by atoms with Gasteiger partial charge in [-0.25, -0.2) is 9.97 Å². The van der Waals surface area contributed by atoms with E-state index in [1.54, 1.807) is 0 Å². The average molecular weight is 675 g/mol. The number of rotatable bonds is 11. The Hall–Kier alpha value is -4.89. The van der Waals surface area contributed by atoms with Gasteiger partial charge in [0.2, 0.25) is 0 Å². The van der Waals surface area contributed by atoms with E-state index in [2.05, 4.69) is 119 Å². The first-order valence-corrected chi connectivity index (χ1v) is 19.0. The largest absolute Gasteiger partial charge is 1.20 e. The van der Waals surface area contributed by atoms with Crippen LogP contribution in [0.15, 0.2) is 115 Å². The molecule has 0 unspecified atom stereocenters. The molecule has 50 heavy (non-hydrogen) atoms. The summed E-state index contributed by atoms with van der Waals surface area (Å²) in [5, 5.41) is 4.40. The van der Waals surface area contributed by atoms with Gasteiger partial charge in [0.15, 0.2) is 0 Å². The number of nitrogens with zero attached hydrogens (tertiary/aromatic N) is 2. The molecule has 7 aromatic rings. The van der Waals surface area contributed by atoms with Gasteiger partial charge in [-0.15, -0.1) is 0 Å². The summed E-state index contributed by atoms with van der Waals surface area (Å²) in [5.41, 5.74) is 8.39. The van der Waals surface area contributed by atoms with Gasteiger partial charge in [0.25, 0.3) is 0 Å². The normalized spacial score (nSPS) is 11.5. The molecule has 0 amide bonds. The van der Waals surface area contributed by atoms with Crippen molar-refractivity contribution in [3.63, 3.8) is 0 Å². The third-order valence-corrected chi connectivity index (χ3v) is 10.3. The Kier molecular flexibility index (Phi) is 9.77. The quantitative estimate of drug-likeness (QED) is 0.128. The summed E-state index contributed by atoms with van der Waals surface area (Å²) in [6.07, 6.45) is 1.91. The zero-order valence-corrected chi connectivity index (χ0v) is 30.9. The Bertz CT molecular complexity index is 2200. The van der Waals surface area contributed by atoms with E-state index in [1.165, 1.54) is 22.3 Å². The van der Waals surface area contributed by atoms with Gasteiger partial charge < -0.3 is 11.4 Å². The van der Waals surface area contributed by atoms with Crippen LogP contribution in [-0.4, -0.2) is 25.1 Å². The van der Waals surface area contributed by atoms with Crippen molar-refractivity contribution in [2.45, 2.75) is 54.4 Å². The van der Waals surface area contributed by atoms with E-state index in [1.807, 2.05) is 38.1 Å². The van der Waals surface area contributed by atoms with E-state index in [-0.39, 0.29) is 0 Å². The second kappa shape index (κ2) is 14.5. The highest BCUT2D eigenvalue weighted by Crippen LogP contribution is 2.34. The highest BCUT2D eigenvalue weighted by Gasteiger charge is 2.45. The SMILES string of the molecule is Cc1ccc2c(CC(C)C)ccc([O][Al]([O]c3ccc4cc(-c5ccccc5)ccc4c3)[O]c3ccc(CC(C)C)c4ccc(C)nc34)c2n1. The fraction of sp³-hybridized carbons (Fsp3) is 0.227. The maximum Gasteiger partial charge on any atom is 1.20 e. The highest BCUT2D eigenvalue weighted by molar-refractivity contribution is 6.40. The van der Waals surface area contributed by atoms with Gasteiger partial charge in [-0.05, 0) is 114 Å². The molecule has 0 spiro atoms. The Morgan fingerprint density at radius 2 is 1.06 bits per heavy atom. The maximum absolute atomic E-state index is 6.82. The molecular weight excluding hydrogens is 631 g/mol. The predicted octanol–water partition coefficient (Wildman–Crippen LogP) is 11.1. The van der Waals surface area contributed by atoms with Crippen LogP contribution < -0.4 is 11.4 Å². The molecule has 0 aliphatic heterocycles. The van der Waals surface area contributed by atoms with E-state index >= 15 is 0 Å². The average Bonchev–Trinajstić information content (AvgIpc) is 3.10. The van der Waals surface area contributed by atoms with Crippen LogP contribution in [0.25, 0.3) is 43.7 Å². The standard InChI is InChI=1S/C16H12O.2C14H17NO.Al/c17-16-9-8-14-10-13(6-7-15(14)11-16)12-4-2-1-3-5-12;2*1-9(2)8-11-5-7-13(16)14-12(11)6-4-10(3)15-14;/h1-11,17H;2*4-7,9,16H,8H2,1-3H3;/q;;;+3/p-3. The highest BCUT2D eigenvalue weighted by atomic mass is 27.3. The molecule has 0 fully saturated rings.